The van der Waals surface area contributed by atoms with Crippen molar-refractivity contribution in [2.24, 2.45) is 0 Å². The van der Waals surface area contributed by atoms with Crippen LogP contribution >= 0.6 is 11.8 Å². The van der Waals surface area contributed by atoms with Gasteiger partial charge in [-0.05, 0) is 30.4 Å². The third-order valence-corrected chi connectivity index (χ3v) is 4.88. The van der Waals surface area contributed by atoms with Crippen molar-refractivity contribution in [3.8, 4) is 0 Å². The van der Waals surface area contributed by atoms with Crippen molar-refractivity contribution in [2.45, 2.75) is 43.8 Å². The Labute approximate surface area is 133 Å². The summed E-state index contributed by atoms with van der Waals surface area (Å²) in [6.07, 6.45) is -0.831. The van der Waals surface area contributed by atoms with Gasteiger partial charge >= 0.3 is 5.97 Å². The summed E-state index contributed by atoms with van der Waals surface area (Å²) >= 11 is 1.10. The fourth-order valence-corrected chi connectivity index (χ4v) is 3.25. The predicted octanol–water partition coefficient (Wildman–Crippen LogP) is 1.87. The highest BCUT2D eigenvalue weighted by Crippen LogP contribution is 2.50. The molecule has 1 aromatic carbocycles. The van der Waals surface area contributed by atoms with Gasteiger partial charge in [0.15, 0.2) is 5.12 Å². The van der Waals surface area contributed by atoms with E-state index in [-0.39, 0.29) is 11.5 Å². The highest BCUT2D eigenvalue weighted by molar-refractivity contribution is 8.13. The average molecular weight is 324 g/mol. The topological polar surface area (TPSA) is 94.8 Å². The molecular formula is C16H20O5S. The minimum atomic E-state index is -1.15. The van der Waals surface area contributed by atoms with Crippen LogP contribution in [0.1, 0.15) is 43.4 Å². The van der Waals surface area contributed by atoms with Crippen molar-refractivity contribution < 1.29 is 24.9 Å². The van der Waals surface area contributed by atoms with Crippen LogP contribution in [0.3, 0.4) is 0 Å². The number of carboxylic acid groups (broad SMARTS) is 1. The molecule has 1 aliphatic carbocycles. The monoisotopic (exact) mass is 324 g/mol. The van der Waals surface area contributed by atoms with Crippen LogP contribution in [0.4, 0.5) is 0 Å². The van der Waals surface area contributed by atoms with E-state index in [0.717, 1.165) is 11.8 Å². The van der Waals surface area contributed by atoms with Crippen molar-refractivity contribution in [3.63, 3.8) is 0 Å². The quantitative estimate of drug-likeness (QED) is 0.709. The Morgan fingerprint density at radius 3 is 2.45 bits per heavy atom. The molecule has 0 aromatic heterocycles. The van der Waals surface area contributed by atoms with E-state index in [1.165, 1.54) is 6.92 Å². The van der Waals surface area contributed by atoms with E-state index in [9.17, 15) is 24.9 Å². The van der Waals surface area contributed by atoms with E-state index in [1.54, 1.807) is 24.3 Å². The lowest BCUT2D eigenvalue weighted by Crippen LogP contribution is -2.26. The van der Waals surface area contributed by atoms with Crippen molar-refractivity contribution in [1.82, 2.24) is 0 Å². The van der Waals surface area contributed by atoms with E-state index in [2.05, 4.69) is 0 Å². The van der Waals surface area contributed by atoms with Crippen LogP contribution in [-0.4, -0.2) is 38.3 Å². The van der Waals surface area contributed by atoms with Crippen LogP contribution in [0.5, 0.6) is 0 Å². The number of aliphatic hydroxyl groups is 2. The summed E-state index contributed by atoms with van der Waals surface area (Å²) in [7, 11) is 0. The predicted molar refractivity (Wildman–Crippen MR) is 83.7 cm³/mol. The van der Waals surface area contributed by atoms with Gasteiger partial charge in [0.2, 0.25) is 0 Å². The number of hydrogen-bond donors (Lipinski definition) is 3. The maximum absolute atomic E-state index is 11.5. The molecule has 1 aliphatic rings. The number of rotatable bonds is 7. The van der Waals surface area contributed by atoms with Crippen LogP contribution in [0, 0.1) is 0 Å². The molecule has 6 heteroatoms. The number of carboxylic acids is 1. The van der Waals surface area contributed by atoms with E-state index < -0.39 is 23.6 Å². The summed E-state index contributed by atoms with van der Waals surface area (Å²) < 4.78 is 0. The standard InChI is InChI=1S/C16H20O5S/c1-10(17)22-9-6-13(18)14(19)11-4-2-3-5-12(11)16(7-8-16)15(20)21/h2-5,13-14,18-19H,6-9H2,1H3,(H,20,21). The van der Waals surface area contributed by atoms with Crippen molar-refractivity contribution in [2.75, 3.05) is 5.75 Å². The summed E-state index contributed by atoms with van der Waals surface area (Å²) in [5, 5.41) is 29.9. The molecule has 1 aromatic rings. The van der Waals surface area contributed by atoms with Crippen LogP contribution in [-0.2, 0) is 15.0 Å². The number of hydrogen-bond acceptors (Lipinski definition) is 5. The summed E-state index contributed by atoms with van der Waals surface area (Å²) in [6.45, 7) is 1.45. The van der Waals surface area contributed by atoms with Crippen molar-refractivity contribution in [1.29, 1.82) is 0 Å². The molecule has 1 fully saturated rings. The molecule has 0 spiro atoms. The Hall–Kier alpha value is -1.37. The van der Waals surface area contributed by atoms with Gasteiger partial charge in [0.05, 0.1) is 11.5 Å². The largest absolute Gasteiger partial charge is 0.481 e. The van der Waals surface area contributed by atoms with Crippen LogP contribution in [0.25, 0.3) is 0 Å². The van der Waals surface area contributed by atoms with Gasteiger partial charge in [-0.3, -0.25) is 9.59 Å². The molecule has 22 heavy (non-hydrogen) atoms. The van der Waals surface area contributed by atoms with Crippen molar-refractivity contribution in [3.05, 3.63) is 35.4 Å². The summed E-state index contributed by atoms with van der Waals surface area (Å²) in [5.74, 6) is -0.478. The molecule has 0 saturated heterocycles. The Balaban J connectivity index is 2.15. The van der Waals surface area contributed by atoms with E-state index >= 15 is 0 Å². The molecule has 2 unspecified atom stereocenters. The van der Waals surface area contributed by atoms with Crippen LogP contribution < -0.4 is 0 Å². The second-order valence-corrected chi connectivity index (χ2v) is 6.89. The molecule has 1 saturated carbocycles. The molecule has 0 aliphatic heterocycles. The lowest BCUT2D eigenvalue weighted by molar-refractivity contribution is -0.140. The zero-order chi connectivity index (χ0) is 16.3. The molecule has 5 nitrogen and oxygen atoms in total. The maximum Gasteiger partial charge on any atom is 0.314 e. The molecule has 0 radical (unpaired) electrons. The SMILES string of the molecule is CC(=O)SCCC(O)C(O)c1ccccc1C1(C(=O)O)CC1. The summed E-state index contributed by atoms with van der Waals surface area (Å²) in [5.41, 5.74) is 0.113. The summed E-state index contributed by atoms with van der Waals surface area (Å²) in [6, 6.07) is 6.82. The maximum atomic E-state index is 11.5. The van der Waals surface area contributed by atoms with Crippen molar-refractivity contribution >= 4 is 22.8 Å². The van der Waals surface area contributed by atoms with E-state index in [4.69, 9.17) is 0 Å². The minimum Gasteiger partial charge on any atom is -0.481 e. The first-order chi connectivity index (χ1) is 10.4. The molecular weight excluding hydrogens is 304 g/mol. The number of aliphatic hydroxyl groups excluding tert-OH is 2. The third-order valence-electron chi connectivity index (χ3n) is 4.04. The smallest absolute Gasteiger partial charge is 0.314 e. The molecule has 120 valence electrons. The highest BCUT2D eigenvalue weighted by atomic mass is 32.2. The number of aliphatic carboxylic acids is 1. The number of benzene rings is 1. The molecule has 0 bridgehead atoms. The Bertz CT molecular complexity index is 567. The Morgan fingerprint density at radius 2 is 1.91 bits per heavy atom. The molecule has 2 rings (SSSR count). The zero-order valence-electron chi connectivity index (χ0n) is 12.4. The second-order valence-electron chi connectivity index (χ2n) is 5.62. The normalized spacial score (nSPS) is 18.5. The molecule has 3 N–H and O–H groups in total. The summed E-state index contributed by atoms with van der Waals surface area (Å²) in [4.78, 5) is 22.4. The lowest BCUT2D eigenvalue weighted by atomic mass is 9.87. The van der Waals surface area contributed by atoms with E-state index in [1.807, 2.05) is 0 Å². The minimum absolute atomic E-state index is 0.0371. The average Bonchev–Trinajstić information content (AvgIpc) is 3.27. The van der Waals surface area contributed by atoms with Gasteiger partial charge in [-0.15, -0.1) is 0 Å². The van der Waals surface area contributed by atoms with Gasteiger partial charge < -0.3 is 15.3 Å². The van der Waals surface area contributed by atoms with Gasteiger partial charge in [-0.25, -0.2) is 0 Å². The first-order valence-corrected chi connectivity index (χ1v) is 8.19. The molecule has 2 atom stereocenters. The Morgan fingerprint density at radius 1 is 1.27 bits per heavy atom. The van der Waals surface area contributed by atoms with Gasteiger partial charge in [0, 0.05) is 12.7 Å². The van der Waals surface area contributed by atoms with Gasteiger partial charge in [0.1, 0.15) is 6.10 Å². The van der Waals surface area contributed by atoms with Gasteiger partial charge in [0.25, 0.3) is 0 Å². The van der Waals surface area contributed by atoms with Gasteiger partial charge in [-0.1, -0.05) is 36.0 Å². The number of thioether (sulfide) groups is 1. The number of carbonyl (C=O) groups is 2. The molecule has 0 heterocycles. The fraction of sp³-hybridized carbons (Fsp3) is 0.500. The molecule has 0 amide bonds. The lowest BCUT2D eigenvalue weighted by Gasteiger charge is -2.23. The number of carbonyl (C=O) groups excluding carboxylic acids is 1. The van der Waals surface area contributed by atoms with E-state index in [0.29, 0.717) is 29.7 Å². The first-order valence-electron chi connectivity index (χ1n) is 7.21. The highest BCUT2D eigenvalue weighted by Gasteiger charge is 2.53. The third kappa shape index (κ3) is 3.51. The second kappa shape index (κ2) is 6.81. The Kier molecular flexibility index (Phi) is 5.26. The first kappa shape index (κ1) is 17.0. The van der Waals surface area contributed by atoms with Gasteiger partial charge in [-0.2, -0.15) is 0 Å². The van der Waals surface area contributed by atoms with Crippen LogP contribution in [0.15, 0.2) is 24.3 Å². The zero-order valence-corrected chi connectivity index (χ0v) is 13.2. The van der Waals surface area contributed by atoms with Crippen LogP contribution in [0.2, 0.25) is 0 Å². The fourth-order valence-electron chi connectivity index (χ4n) is 2.60.